The van der Waals surface area contributed by atoms with Crippen LogP contribution < -0.4 is 15.4 Å². The van der Waals surface area contributed by atoms with Crippen molar-refractivity contribution in [3.63, 3.8) is 0 Å². The second-order valence-corrected chi connectivity index (χ2v) is 6.17. The van der Waals surface area contributed by atoms with E-state index in [1.165, 1.54) is 32.2 Å². The first-order valence-electron chi connectivity index (χ1n) is 8.67. The van der Waals surface area contributed by atoms with Gasteiger partial charge in [-0.25, -0.2) is 0 Å². The lowest BCUT2D eigenvalue weighted by Crippen LogP contribution is -2.48. The highest BCUT2D eigenvalue weighted by molar-refractivity contribution is 5.86. The molecule has 0 aliphatic heterocycles. The molecule has 2 amide bonds. The zero-order chi connectivity index (χ0) is 21.4. The van der Waals surface area contributed by atoms with E-state index in [1.807, 2.05) is 0 Å². The number of para-hydroxylation sites is 1. The molecule has 1 atom stereocenters. The fourth-order valence-corrected chi connectivity index (χ4v) is 2.63. The van der Waals surface area contributed by atoms with Gasteiger partial charge in [-0.1, -0.05) is 42.5 Å². The third-order valence-corrected chi connectivity index (χ3v) is 3.87. The molecule has 2 aromatic carbocycles. The summed E-state index contributed by atoms with van der Waals surface area (Å²) in [5.41, 5.74) is 1.57. The standard InChI is InChI=1S/C20H21F3N2O4/c1-13(26)25-17(12-28-2)19(27)24-11-14-7-9-15(10-8-14)16-5-3-4-6-18(16)29-20(21,22)23/h3-10,17H,11-12H2,1-2H3,(H,24,27)(H,25,26)/t17-/m1/s1. The van der Waals surface area contributed by atoms with Crippen molar-refractivity contribution < 1.29 is 32.2 Å². The molecule has 6 nitrogen and oxygen atoms in total. The minimum absolute atomic E-state index is 0.0281. The minimum Gasteiger partial charge on any atom is -0.405 e. The van der Waals surface area contributed by atoms with Gasteiger partial charge < -0.3 is 20.1 Å². The molecule has 0 unspecified atom stereocenters. The van der Waals surface area contributed by atoms with Crippen LogP contribution in [-0.4, -0.2) is 37.9 Å². The van der Waals surface area contributed by atoms with E-state index >= 15 is 0 Å². The topological polar surface area (TPSA) is 76.7 Å². The van der Waals surface area contributed by atoms with Gasteiger partial charge in [-0.15, -0.1) is 13.2 Å². The van der Waals surface area contributed by atoms with Crippen molar-refractivity contribution in [2.24, 2.45) is 0 Å². The largest absolute Gasteiger partial charge is 0.573 e. The first kappa shape index (κ1) is 22.2. The molecule has 0 bridgehead atoms. The highest BCUT2D eigenvalue weighted by Gasteiger charge is 2.32. The summed E-state index contributed by atoms with van der Waals surface area (Å²) < 4.78 is 46.7. The Labute approximate surface area is 166 Å². The molecule has 0 aliphatic carbocycles. The summed E-state index contributed by atoms with van der Waals surface area (Å²) >= 11 is 0. The lowest BCUT2D eigenvalue weighted by molar-refractivity contribution is -0.274. The van der Waals surface area contributed by atoms with Crippen LogP contribution in [0.1, 0.15) is 12.5 Å². The molecule has 2 N–H and O–H groups in total. The van der Waals surface area contributed by atoms with Crippen molar-refractivity contribution >= 4 is 11.8 Å². The number of benzene rings is 2. The summed E-state index contributed by atoms with van der Waals surface area (Å²) in [4.78, 5) is 23.3. The van der Waals surface area contributed by atoms with Gasteiger partial charge in [0.05, 0.1) is 6.61 Å². The van der Waals surface area contributed by atoms with Crippen LogP contribution in [0.2, 0.25) is 0 Å². The Morgan fingerprint density at radius 2 is 1.72 bits per heavy atom. The number of carbonyl (C=O) groups is 2. The first-order valence-corrected chi connectivity index (χ1v) is 8.67. The SMILES string of the molecule is COC[C@@H](NC(C)=O)C(=O)NCc1ccc(-c2ccccc2OC(F)(F)F)cc1. The van der Waals surface area contributed by atoms with Crippen LogP contribution >= 0.6 is 0 Å². The van der Waals surface area contributed by atoms with Crippen molar-refractivity contribution in [2.45, 2.75) is 25.9 Å². The maximum atomic E-state index is 12.6. The Bertz CT molecular complexity index is 838. The summed E-state index contributed by atoms with van der Waals surface area (Å²) in [5.74, 6) is -1.06. The monoisotopic (exact) mass is 410 g/mol. The zero-order valence-corrected chi connectivity index (χ0v) is 15.9. The highest BCUT2D eigenvalue weighted by Crippen LogP contribution is 2.33. The highest BCUT2D eigenvalue weighted by atomic mass is 19.4. The van der Waals surface area contributed by atoms with Crippen molar-refractivity contribution in [1.82, 2.24) is 10.6 Å². The molecular formula is C20H21F3N2O4. The summed E-state index contributed by atoms with van der Waals surface area (Å²) in [6.07, 6.45) is -4.78. The number of rotatable bonds is 8. The molecule has 29 heavy (non-hydrogen) atoms. The van der Waals surface area contributed by atoms with Gasteiger partial charge in [-0.2, -0.15) is 0 Å². The van der Waals surface area contributed by atoms with Crippen molar-refractivity contribution in [2.75, 3.05) is 13.7 Å². The third kappa shape index (κ3) is 7.11. The molecule has 9 heteroatoms. The Hall–Kier alpha value is -3.07. The van der Waals surface area contributed by atoms with Gasteiger partial charge in [0.1, 0.15) is 11.8 Å². The number of ether oxygens (including phenoxy) is 2. The van der Waals surface area contributed by atoms with Crippen LogP contribution in [0.4, 0.5) is 13.2 Å². The van der Waals surface area contributed by atoms with Crippen LogP contribution in [0, 0.1) is 0 Å². The second kappa shape index (κ2) is 9.92. The Kier molecular flexibility index (Phi) is 7.60. The van der Waals surface area contributed by atoms with Gasteiger partial charge in [0.15, 0.2) is 0 Å². The molecule has 0 fully saturated rings. The number of alkyl halides is 3. The zero-order valence-electron chi connectivity index (χ0n) is 15.9. The van der Waals surface area contributed by atoms with Crippen molar-refractivity contribution in [3.8, 4) is 16.9 Å². The second-order valence-electron chi connectivity index (χ2n) is 6.17. The van der Waals surface area contributed by atoms with Gasteiger partial charge in [-0.05, 0) is 17.2 Å². The molecule has 0 heterocycles. The molecule has 0 aromatic heterocycles. The van der Waals surface area contributed by atoms with E-state index in [0.29, 0.717) is 11.1 Å². The average Bonchev–Trinajstić information content (AvgIpc) is 2.65. The molecule has 0 saturated heterocycles. The molecule has 0 spiro atoms. The van der Waals surface area contributed by atoms with Crippen molar-refractivity contribution in [3.05, 3.63) is 54.1 Å². The van der Waals surface area contributed by atoms with E-state index in [1.54, 1.807) is 30.3 Å². The Morgan fingerprint density at radius 1 is 1.07 bits per heavy atom. The molecule has 0 radical (unpaired) electrons. The van der Waals surface area contributed by atoms with Crippen LogP contribution in [0.5, 0.6) is 5.75 Å². The lowest BCUT2D eigenvalue weighted by atomic mass is 10.0. The number of methoxy groups -OCH3 is 1. The van der Waals surface area contributed by atoms with E-state index in [0.717, 1.165) is 5.56 Å². The van der Waals surface area contributed by atoms with E-state index < -0.39 is 18.3 Å². The molecule has 2 rings (SSSR count). The molecule has 156 valence electrons. The number of hydrogen-bond donors (Lipinski definition) is 2. The van der Waals surface area contributed by atoms with E-state index in [9.17, 15) is 22.8 Å². The number of halogens is 3. The van der Waals surface area contributed by atoms with E-state index in [4.69, 9.17) is 4.74 Å². The number of carbonyl (C=O) groups excluding carboxylic acids is 2. The normalized spacial score (nSPS) is 12.2. The molecule has 0 aliphatic rings. The molecular weight excluding hydrogens is 389 g/mol. The van der Waals surface area contributed by atoms with Gasteiger partial charge in [0.25, 0.3) is 0 Å². The van der Waals surface area contributed by atoms with E-state index in [-0.39, 0.29) is 24.8 Å². The van der Waals surface area contributed by atoms with Crippen LogP contribution in [0.3, 0.4) is 0 Å². The van der Waals surface area contributed by atoms with Crippen molar-refractivity contribution in [1.29, 1.82) is 0 Å². The predicted octanol–water partition coefficient (Wildman–Crippen LogP) is 3.02. The lowest BCUT2D eigenvalue weighted by Gasteiger charge is -2.17. The number of nitrogens with one attached hydrogen (secondary N) is 2. The van der Waals surface area contributed by atoms with E-state index in [2.05, 4.69) is 15.4 Å². The predicted molar refractivity (Wildman–Crippen MR) is 99.9 cm³/mol. The van der Waals surface area contributed by atoms with Gasteiger partial charge >= 0.3 is 6.36 Å². The quantitative estimate of drug-likeness (QED) is 0.702. The molecule has 2 aromatic rings. The fourth-order valence-electron chi connectivity index (χ4n) is 2.63. The minimum atomic E-state index is -4.78. The van der Waals surface area contributed by atoms with Gasteiger partial charge in [0, 0.05) is 26.1 Å². The number of amides is 2. The van der Waals surface area contributed by atoms with Crippen LogP contribution in [-0.2, 0) is 20.9 Å². The number of hydrogen-bond acceptors (Lipinski definition) is 4. The maximum Gasteiger partial charge on any atom is 0.573 e. The van der Waals surface area contributed by atoms with Gasteiger partial charge in [-0.3, -0.25) is 9.59 Å². The van der Waals surface area contributed by atoms with Crippen LogP contribution in [0.25, 0.3) is 11.1 Å². The van der Waals surface area contributed by atoms with Gasteiger partial charge in [0.2, 0.25) is 11.8 Å². The maximum absolute atomic E-state index is 12.6. The Balaban J connectivity index is 2.06. The first-order chi connectivity index (χ1) is 13.7. The smallest absolute Gasteiger partial charge is 0.405 e. The third-order valence-electron chi connectivity index (χ3n) is 3.87. The average molecular weight is 410 g/mol. The summed E-state index contributed by atoms with van der Waals surface area (Å²) in [5, 5.41) is 5.17. The summed E-state index contributed by atoms with van der Waals surface area (Å²) in [6.45, 7) is 1.51. The molecule has 0 saturated carbocycles. The summed E-state index contributed by atoms with van der Waals surface area (Å²) in [6, 6.07) is 11.7. The Morgan fingerprint density at radius 3 is 2.31 bits per heavy atom. The summed E-state index contributed by atoms with van der Waals surface area (Å²) in [7, 11) is 1.42. The fraction of sp³-hybridized carbons (Fsp3) is 0.300. The van der Waals surface area contributed by atoms with Crippen LogP contribution in [0.15, 0.2) is 48.5 Å².